The lowest BCUT2D eigenvalue weighted by Gasteiger charge is -2.24. The maximum Gasteiger partial charge on any atom is 0.330 e. The van der Waals surface area contributed by atoms with Crippen LogP contribution in [-0.2, 0) is 71.1 Å². The van der Waals surface area contributed by atoms with Crippen molar-refractivity contribution in [2.45, 2.75) is 242 Å². The zero-order chi connectivity index (χ0) is 102. The lowest BCUT2D eigenvalue weighted by molar-refractivity contribution is -0.0969. The summed E-state index contributed by atoms with van der Waals surface area (Å²) >= 11 is 0. The van der Waals surface area contributed by atoms with Crippen molar-refractivity contribution in [1.29, 1.82) is 0 Å². The second-order valence-electron chi connectivity index (χ2n) is 31.8. The topological polar surface area (TPSA) is 624 Å². The monoisotopic (exact) mass is 1850 g/mol. The molecule has 48 heteroatoms. The summed E-state index contributed by atoms with van der Waals surface area (Å²) in [6.07, 6.45) is -8.83. The highest BCUT2D eigenvalue weighted by Crippen LogP contribution is 2.41. The van der Waals surface area contributed by atoms with Crippen molar-refractivity contribution in [1.82, 2.24) is 66.9 Å². The normalized spacial score (nSPS) is 32.3. The molecule has 0 radical (unpaired) electrons. The molecule has 14 rings (SSSR count). The van der Waals surface area contributed by atoms with Gasteiger partial charge in [0.05, 0.1) is 71.3 Å². The van der Waals surface area contributed by atoms with E-state index in [2.05, 4.69) is 34.9 Å². The Balaban J connectivity index is 0.000000195. The van der Waals surface area contributed by atoms with Gasteiger partial charge in [0.2, 0.25) is 0 Å². The first-order chi connectivity index (χ1) is 63.7. The second-order valence-corrected chi connectivity index (χ2v) is 31.8. The van der Waals surface area contributed by atoms with Gasteiger partial charge in [0.1, 0.15) is 61.0 Å². The van der Waals surface area contributed by atoms with Crippen LogP contribution in [0.5, 0.6) is 0 Å². The summed E-state index contributed by atoms with van der Waals surface area (Å²) in [5.74, 6) is -0.517. The van der Waals surface area contributed by atoms with Crippen LogP contribution in [0, 0.1) is 29.6 Å². The molecule has 0 amide bonds. The van der Waals surface area contributed by atoms with E-state index < -0.39 is 221 Å². The Morgan fingerprint density at radius 1 is 0.315 bits per heavy atom. The molecule has 0 aliphatic carbocycles. The van der Waals surface area contributed by atoms with Crippen molar-refractivity contribution in [2.75, 3.05) is 76.1 Å². The maximum atomic E-state index is 12.0. The van der Waals surface area contributed by atoms with Gasteiger partial charge in [0, 0.05) is 171 Å². The number of H-pyrrole nitrogens is 7. The first kappa shape index (κ1) is 96.0. The summed E-state index contributed by atoms with van der Waals surface area (Å²) in [5.41, 5.74) is -7.90. The number of methoxy groups -OCH3 is 7. The molecule has 48 nitrogen and oxygen atoms in total. The Kier molecular flexibility index (Phi) is 35.4. The first-order valence-corrected chi connectivity index (χ1v) is 41.2. The summed E-state index contributed by atoms with van der Waals surface area (Å²) < 4.78 is 136. The van der Waals surface area contributed by atoms with Crippen LogP contribution in [-0.4, -0.2) is 272 Å². The Labute approximate surface area is 748 Å². The third-order valence-electron chi connectivity index (χ3n) is 22.7. The smallest absolute Gasteiger partial charge is 0.330 e. The van der Waals surface area contributed by atoms with Crippen LogP contribution in [0.4, 0.5) is 0 Å². The zero-order valence-corrected chi connectivity index (χ0v) is 74.8. The fourth-order valence-electron chi connectivity index (χ4n) is 15.7. The quantitative estimate of drug-likeness (QED) is 0.0323. The number of nitrogens with zero attached hydrogens (tertiary/aromatic N) is 7. The molecule has 7 aromatic rings. The molecule has 0 aromatic carbocycles. The molecule has 7 aliphatic rings. The van der Waals surface area contributed by atoms with Crippen LogP contribution in [0.15, 0.2) is 153 Å². The van der Waals surface area contributed by atoms with Gasteiger partial charge in [-0.25, -0.2) is 33.6 Å². The molecular weight excluding hydrogens is 1720 g/mol. The summed E-state index contributed by atoms with van der Waals surface area (Å²) in [4.78, 5) is 175. The molecule has 130 heavy (non-hydrogen) atoms. The number of aliphatic hydroxyl groups excluding tert-OH is 4. The number of aromatic amines is 7. The minimum Gasteiger partial charge on any atom is -0.394 e. The van der Waals surface area contributed by atoms with E-state index in [0.717, 1.165) is 38.3 Å². The average molecular weight is 1850 g/mol. The van der Waals surface area contributed by atoms with Crippen LogP contribution in [0.25, 0.3) is 0 Å². The van der Waals surface area contributed by atoms with E-state index in [9.17, 15) is 87.5 Å². The summed E-state index contributed by atoms with van der Waals surface area (Å²) in [6.45, 7) is 17.4. The molecule has 14 heterocycles. The van der Waals surface area contributed by atoms with Crippen molar-refractivity contribution in [3.63, 3.8) is 0 Å². The molecule has 0 saturated carbocycles. The van der Waals surface area contributed by atoms with Crippen molar-refractivity contribution in [3.8, 4) is 0 Å². The van der Waals surface area contributed by atoms with Crippen LogP contribution in [0.2, 0.25) is 0 Å². The van der Waals surface area contributed by atoms with Crippen molar-refractivity contribution in [3.05, 3.63) is 232 Å². The lowest BCUT2D eigenvalue weighted by atomic mass is 9.98. The number of aliphatic hydroxyl groups is 5. The molecule has 7 aromatic heterocycles. The van der Waals surface area contributed by atoms with Gasteiger partial charge < -0.3 is 96.6 Å². The van der Waals surface area contributed by atoms with E-state index in [4.69, 9.17) is 84.4 Å². The molecule has 0 spiro atoms. The Bertz CT molecular complexity index is 5490. The number of rotatable bonds is 22. The van der Waals surface area contributed by atoms with Gasteiger partial charge in [-0.15, -0.1) is 0 Å². The highest BCUT2D eigenvalue weighted by molar-refractivity contribution is 5.01. The zero-order valence-electron chi connectivity index (χ0n) is 80.8. The van der Waals surface area contributed by atoms with Crippen molar-refractivity contribution in [2.24, 2.45) is 29.6 Å². The van der Waals surface area contributed by atoms with Gasteiger partial charge >= 0.3 is 39.8 Å². The van der Waals surface area contributed by atoms with Gasteiger partial charge in [0.15, 0.2) is 43.6 Å². The average Bonchev–Trinajstić information content (AvgIpc) is 1.63. The van der Waals surface area contributed by atoms with Gasteiger partial charge in [-0.3, -0.25) is 100 Å². The fraction of sp³-hybridized carbons (Fsp3) is 0.659. The minimum atomic E-state index is -2.56. The van der Waals surface area contributed by atoms with Crippen LogP contribution in [0.3, 0.4) is 0 Å². The summed E-state index contributed by atoms with van der Waals surface area (Å²) in [5, 5.41) is 47.6. The molecule has 7 saturated heterocycles. The SMILES string of the molecule is CC[C@H]1O[C@@H](n2ccc(=O)[nH]c2=O)[C@H](OC)[C@@H]1C.CO[C@@H]1[C@H](C)[C@@H](CO)O[C@H]1n1ccc(=O)[nH]c1=O.CO[C@@H]1[C@H](C)[C@@H](COC(C)(C)C)O[C@H]1n1ccc(=O)[nH]c1=O.CO[C@@H]1[C@H](O)[C@@H](CO)O[C@H]1n1ccc(=O)[nH]c1=O.[2H]C([2H])(C)[C@H]1O[C@@H](n2ccc(=O)[nH]c2=O)[C@H](OC)[C@@H]1C.[2H]C([2H])(C)[C@H]1O[C@@H](n2ccc(=O)[nH]c2=O)[C@H](OC)[C@@H]1O.[2H]C([2H])(O)[C@H]1O[C@@H](n2ccc(=O)[nH]c2=O)[C@H](OC)[C@@H]1C. The van der Waals surface area contributed by atoms with E-state index >= 15 is 0 Å². The summed E-state index contributed by atoms with van der Waals surface area (Å²) in [6, 6.07) is 8.52. The van der Waals surface area contributed by atoms with Crippen LogP contribution in [0.1, 0.15) is 147 Å². The Morgan fingerprint density at radius 2 is 0.523 bits per heavy atom. The number of aromatic nitrogens is 14. The second kappa shape index (κ2) is 47.9. The molecule has 0 unspecified atom stereocenters. The maximum absolute atomic E-state index is 12.0. The predicted molar refractivity (Wildman–Crippen MR) is 458 cm³/mol. The van der Waals surface area contributed by atoms with E-state index in [-0.39, 0.29) is 66.4 Å². The number of nitrogens with one attached hydrogen (secondary N) is 7. The highest BCUT2D eigenvalue weighted by Gasteiger charge is 2.50. The van der Waals surface area contributed by atoms with Crippen molar-refractivity contribution < 1.29 is 105 Å². The number of ether oxygens (including phenoxy) is 15. The van der Waals surface area contributed by atoms with Gasteiger partial charge in [-0.2, -0.15) is 0 Å². The Hall–Kier alpha value is -10.0. The fourth-order valence-corrected chi connectivity index (χ4v) is 15.7. The van der Waals surface area contributed by atoms with Crippen LogP contribution < -0.4 is 78.7 Å². The van der Waals surface area contributed by atoms with E-state index in [0.29, 0.717) is 6.61 Å². The number of hydrogen-bond donors (Lipinski definition) is 12. The largest absolute Gasteiger partial charge is 0.394 e. The van der Waals surface area contributed by atoms with Gasteiger partial charge in [-0.1, -0.05) is 55.4 Å². The summed E-state index contributed by atoms with van der Waals surface area (Å²) in [7, 11) is 10.3. The molecule has 7 fully saturated rings. The third-order valence-corrected chi connectivity index (χ3v) is 22.7. The van der Waals surface area contributed by atoms with Crippen LogP contribution >= 0.6 is 0 Å². The molecule has 7 aliphatic heterocycles. The third kappa shape index (κ3) is 25.2. The molecule has 28 atom stereocenters. The van der Waals surface area contributed by atoms with E-state index in [1.807, 2.05) is 55.4 Å². The first-order valence-electron chi connectivity index (χ1n) is 44.2. The standard InChI is InChI=1S/C15H24N2O5.2C12H18N2O4.3C11H16N2O5.C10H14N2O6/c1-9-10(8-21-15(2,3)4)22-13(12(9)20-5)17-7-6-11(18)16-14(17)19;2*1-4-8-7(2)10(17-3)11(18-8)14-6-5-9(15)13-12(14)16;2*1-6-7(5-14)18-10(9(6)17-2)13-4-3-8(15)12-11(13)16;1-3-6-8(15)9(17-2)10(18-6)13-5-4-7(14)12-11(13)16;1-17-8-7(15)5(4-13)18-9(8)12-3-2-6(14)11-10(12)16/h6-7,9-10,12-13H,8H2,1-5H3,(H,16,18,19);2*5-8,10-11H,4H2,1-3H3,(H,13,15,16);2*3-4,6-7,9-10,14H,5H2,1-2H3,(H,12,15,16);4-6,8-10,15H,3H2,1-2H3,(H,12,14,16);2-3,5,7-9,13,15H,4H2,1H3,(H,11,14,16)/t9-,10-,12-,13-;2*7-,8-,10-,11-;2*6-,7-,9-,10-;6-,8-,9-,10-;5-,7-,8-,9-/m1111111/s1/i;4D2;;5D2;;3D2;. The van der Waals surface area contributed by atoms with Crippen molar-refractivity contribution >= 4 is 0 Å². The van der Waals surface area contributed by atoms with E-state index in [1.54, 1.807) is 21.1 Å². The van der Waals surface area contributed by atoms with E-state index in [1.165, 1.54) is 135 Å². The minimum absolute atomic E-state index is 0.0520. The highest BCUT2D eigenvalue weighted by atomic mass is 16.6. The van der Waals surface area contributed by atoms with Gasteiger partial charge in [-0.05, 0) is 39.9 Å². The molecule has 724 valence electrons. The predicted octanol–water partition coefficient (Wildman–Crippen LogP) is -2.93. The number of hydrogen-bond acceptors (Lipinski definition) is 34. The Morgan fingerprint density at radius 3 is 0.769 bits per heavy atom. The molecule has 0 bridgehead atoms. The molecule has 12 N–H and O–H groups in total. The lowest BCUT2D eigenvalue weighted by Crippen LogP contribution is -2.38. The van der Waals surface area contributed by atoms with Gasteiger partial charge in [0.25, 0.3) is 38.9 Å². The molecular formula is C82H122N14O34.